The third-order valence-corrected chi connectivity index (χ3v) is 12.7. The second-order valence-corrected chi connectivity index (χ2v) is 18.6. The first-order valence-corrected chi connectivity index (χ1v) is 20.7. The number of carbonyl (C=O) groups is 2. The Morgan fingerprint density at radius 3 is 2.37 bits per heavy atom. The highest BCUT2D eigenvalue weighted by Gasteiger charge is 2.48. The lowest BCUT2D eigenvalue weighted by Gasteiger charge is -2.54. The number of carboxylic acid groups (broad SMARTS) is 1. The third kappa shape index (κ3) is 8.96. The Kier molecular flexibility index (Phi) is 10.8. The van der Waals surface area contributed by atoms with E-state index in [0.717, 1.165) is 119 Å². The predicted octanol–water partition coefficient (Wildman–Crippen LogP) is 8.81. The minimum absolute atomic E-state index is 0.116. The van der Waals surface area contributed by atoms with Crippen molar-refractivity contribution in [1.82, 2.24) is 24.7 Å². The maximum atomic E-state index is 12.6. The number of H-pyrrole nitrogens is 1. The molecule has 2 aromatic carbocycles. The van der Waals surface area contributed by atoms with E-state index in [2.05, 4.69) is 43.7 Å². The summed E-state index contributed by atoms with van der Waals surface area (Å²) in [6, 6.07) is 17.5. The second kappa shape index (κ2) is 15.6. The molecule has 11 nitrogen and oxygen atoms in total. The number of aromatic amines is 1. The molecule has 3 aliphatic heterocycles. The van der Waals surface area contributed by atoms with E-state index in [9.17, 15) is 14.7 Å². The summed E-state index contributed by atoms with van der Waals surface area (Å²) >= 11 is 6.33. The molecule has 57 heavy (non-hydrogen) atoms. The van der Waals surface area contributed by atoms with E-state index in [-0.39, 0.29) is 22.5 Å². The van der Waals surface area contributed by atoms with Crippen LogP contribution in [0.2, 0.25) is 5.02 Å². The zero-order chi connectivity index (χ0) is 40.0. The maximum Gasteiger partial charge on any atom is 0.410 e. The summed E-state index contributed by atoms with van der Waals surface area (Å²) in [6.07, 6.45) is 8.73. The van der Waals surface area contributed by atoms with Crippen molar-refractivity contribution in [2.75, 3.05) is 70.3 Å². The van der Waals surface area contributed by atoms with Crippen molar-refractivity contribution in [3.8, 4) is 11.5 Å². The molecule has 302 valence electrons. The summed E-state index contributed by atoms with van der Waals surface area (Å²) in [4.78, 5) is 41.7. The SMILES string of the molecule is CC1(CN2CCC3(CC2)CN(C(=O)OC(C)(C)C)C3)CCC(c2ccc(Cl)cc2)=C(CN2CCN(c3ccc(C(=O)O)c(Oc4cnc5[nH]ccc5c4)c3)CC2)C1. The van der Waals surface area contributed by atoms with Crippen LogP contribution in [-0.4, -0.2) is 113 Å². The van der Waals surface area contributed by atoms with Gasteiger partial charge in [0, 0.05) is 86.1 Å². The number of aromatic carboxylic acids is 1. The van der Waals surface area contributed by atoms with E-state index in [0.29, 0.717) is 11.5 Å². The van der Waals surface area contributed by atoms with Crippen molar-refractivity contribution >= 4 is 46.0 Å². The molecule has 12 heteroatoms. The van der Waals surface area contributed by atoms with Crippen molar-refractivity contribution in [2.24, 2.45) is 10.8 Å². The molecule has 3 fully saturated rings. The summed E-state index contributed by atoms with van der Waals surface area (Å²) in [5.41, 5.74) is 6.00. The number of piperidine rings is 1. The summed E-state index contributed by atoms with van der Waals surface area (Å²) in [5, 5.41) is 11.6. The quantitative estimate of drug-likeness (QED) is 0.172. The molecule has 1 unspecified atom stereocenters. The van der Waals surface area contributed by atoms with Gasteiger partial charge in [-0.25, -0.2) is 14.6 Å². The molecule has 4 aliphatic rings. The molecule has 1 spiro atoms. The van der Waals surface area contributed by atoms with Crippen LogP contribution in [0.25, 0.3) is 16.6 Å². The van der Waals surface area contributed by atoms with Crippen LogP contribution < -0.4 is 9.64 Å². The molecule has 5 heterocycles. The number of ether oxygens (including phenoxy) is 2. The molecule has 4 aromatic rings. The normalized spacial score (nSPS) is 21.8. The maximum absolute atomic E-state index is 12.6. The number of piperazine rings is 1. The average Bonchev–Trinajstić information content (AvgIpc) is 3.62. The minimum Gasteiger partial charge on any atom is -0.478 e. The molecule has 3 saturated heterocycles. The molecule has 0 saturated carbocycles. The number of carboxylic acids is 1. The molecular formula is C45H55ClN6O5. The zero-order valence-electron chi connectivity index (χ0n) is 33.7. The number of benzene rings is 2. The highest BCUT2D eigenvalue weighted by Crippen LogP contribution is 2.46. The lowest BCUT2D eigenvalue weighted by molar-refractivity contribution is -0.0628. The number of fused-ring (bicyclic) bond motifs is 1. The topological polar surface area (TPSA) is 114 Å². The molecule has 2 N–H and O–H groups in total. The number of hydrogen-bond acceptors (Lipinski definition) is 8. The van der Waals surface area contributed by atoms with Crippen LogP contribution in [0.15, 0.2) is 72.6 Å². The van der Waals surface area contributed by atoms with Crippen molar-refractivity contribution in [3.05, 3.63) is 88.7 Å². The van der Waals surface area contributed by atoms with Gasteiger partial charge in [-0.1, -0.05) is 36.2 Å². The fourth-order valence-electron chi connectivity index (χ4n) is 9.37. The number of allylic oxidation sites excluding steroid dienone is 1. The van der Waals surface area contributed by atoms with Gasteiger partial charge < -0.3 is 34.3 Å². The average molecular weight is 795 g/mol. The molecular weight excluding hydrogens is 740 g/mol. The molecule has 1 amide bonds. The van der Waals surface area contributed by atoms with Gasteiger partial charge in [-0.2, -0.15) is 0 Å². The summed E-state index contributed by atoms with van der Waals surface area (Å²) in [7, 11) is 0. The van der Waals surface area contributed by atoms with E-state index in [4.69, 9.17) is 21.1 Å². The smallest absolute Gasteiger partial charge is 0.410 e. The number of carbonyl (C=O) groups excluding carboxylic acids is 1. The molecule has 2 aromatic heterocycles. The van der Waals surface area contributed by atoms with E-state index in [1.807, 2.05) is 68.3 Å². The number of nitrogens with one attached hydrogen (secondary N) is 1. The van der Waals surface area contributed by atoms with Gasteiger partial charge in [0.05, 0.1) is 6.20 Å². The van der Waals surface area contributed by atoms with Crippen molar-refractivity contribution in [2.45, 2.75) is 65.4 Å². The first-order chi connectivity index (χ1) is 27.2. The fraction of sp³-hybridized carbons (Fsp3) is 0.489. The van der Waals surface area contributed by atoms with Crippen molar-refractivity contribution in [3.63, 3.8) is 0 Å². The number of likely N-dealkylation sites (tertiary alicyclic amines) is 2. The number of pyridine rings is 1. The lowest BCUT2D eigenvalue weighted by atomic mass is 9.69. The number of amides is 1. The number of aromatic nitrogens is 2. The zero-order valence-corrected chi connectivity index (χ0v) is 34.4. The Balaban J connectivity index is 0.911. The van der Waals surface area contributed by atoms with Gasteiger partial charge in [0.2, 0.25) is 0 Å². The fourth-order valence-corrected chi connectivity index (χ4v) is 9.49. The van der Waals surface area contributed by atoms with Crippen LogP contribution in [0.4, 0.5) is 10.5 Å². The monoisotopic (exact) mass is 794 g/mol. The largest absolute Gasteiger partial charge is 0.478 e. The van der Waals surface area contributed by atoms with Gasteiger partial charge in [0.15, 0.2) is 0 Å². The molecule has 8 rings (SSSR count). The first-order valence-electron chi connectivity index (χ1n) is 20.4. The summed E-state index contributed by atoms with van der Waals surface area (Å²) in [6.45, 7) is 17.5. The van der Waals surface area contributed by atoms with Gasteiger partial charge in [-0.3, -0.25) is 4.90 Å². The first kappa shape index (κ1) is 39.3. The van der Waals surface area contributed by atoms with Crippen LogP contribution >= 0.6 is 11.6 Å². The Morgan fingerprint density at radius 1 is 0.930 bits per heavy atom. The van der Waals surface area contributed by atoms with Crippen LogP contribution in [0.1, 0.15) is 75.7 Å². The van der Waals surface area contributed by atoms with Crippen LogP contribution in [0.3, 0.4) is 0 Å². The third-order valence-electron chi connectivity index (χ3n) is 12.4. The van der Waals surface area contributed by atoms with Gasteiger partial charge in [0.25, 0.3) is 0 Å². The Bertz CT molecular complexity index is 2140. The van der Waals surface area contributed by atoms with Gasteiger partial charge in [0.1, 0.15) is 28.3 Å². The van der Waals surface area contributed by atoms with E-state index >= 15 is 0 Å². The van der Waals surface area contributed by atoms with Crippen LogP contribution in [-0.2, 0) is 4.74 Å². The van der Waals surface area contributed by atoms with Crippen LogP contribution in [0.5, 0.6) is 11.5 Å². The van der Waals surface area contributed by atoms with E-state index < -0.39 is 11.6 Å². The highest BCUT2D eigenvalue weighted by atomic mass is 35.5. The van der Waals surface area contributed by atoms with Crippen LogP contribution in [0, 0.1) is 10.8 Å². The van der Waals surface area contributed by atoms with E-state index in [1.54, 1.807) is 12.3 Å². The molecule has 1 aliphatic carbocycles. The lowest BCUT2D eigenvalue weighted by Crippen LogP contribution is -2.62. The number of rotatable bonds is 9. The van der Waals surface area contributed by atoms with Crippen molar-refractivity contribution < 1.29 is 24.2 Å². The number of halogens is 1. The van der Waals surface area contributed by atoms with E-state index in [1.165, 1.54) is 16.7 Å². The number of anilines is 1. The number of nitrogens with zero attached hydrogens (tertiary/aromatic N) is 5. The second-order valence-electron chi connectivity index (χ2n) is 18.1. The predicted molar refractivity (Wildman–Crippen MR) is 224 cm³/mol. The van der Waals surface area contributed by atoms with Gasteiger partial charge >= 0.3 is 12.1 Å². The molecule has 0 bridgehead atoms. The Hall–Kier alpha value is -4.58. The summed E-state index contributed by atoms with van der Waals surface area (Å²) < 4.78 is 11.8. The van der Waals surface area contributed by atoms with Gasteiger partial charge in [-0.05, 0) is 119 Å². The Labute approximate surface area is 340 Å². The standard InChI is InChI=1S/C45H55ClN6O5/c1-43(2,3)57-42(55)52-29-45(30-52)14-17-50(18-15-45)28-44(4)13-11-37(31-5-7-34(46)8-6-31)33(25-44)27-49-19-21-51(22-20-49)35-9-10-38(41(53)54)39(24-35)56-36-23-32-12-16-47-40(32)48-26-36/h5-10,12,16,23-24,26H,11,13-15,17-22,25,27-30H2,1-4H3,(H,47,48)(H,53,54). The molecule has 0 radical (unpaired) electrons. The number of hydrogen-bond donors (Lipinski definition) is 2. The molecule has 1 atom stereocenters. The van der Waals surface area contributed by atoms with Crippen molar-refractivity contribution in [1.29, 1.82) is 0 Å². The minimum atomic E-state index is -1.03. The summed E-state index contributed by atoms with van der Waals surface area (Å²) in [5.74, 6) is -0.238. The Morgan fingerprint density at radius 2 is 1.67 bits per heavy atom. The highest BCUT2D eigenvalue weighted by molar-refractivity contribution is 6.30. The van der Waals surface area contributed by atoms with Gasteiger partial charge in [-0.15, -0.1) is 0 Å².